The van der Waals surface area contributed by atoms with Crippen LogP contribution in [-0.4, -0.2) is 17.9 Å². The van der Waals surface area contributed by atoms with E-state index in [-0.39, 0.29) is 17.3 Å². The van der Waals surface area contributed by atoms with E-state index in [0.29, 0.717) is 5.02 Å². The van der Waals surface area contributed by atoms with Crippen molar-refractivity contribution in [2.75, 3.05) is 17.3 Å². The van der Waals surface area contributed by atoms with Gasteiger partial charge < -0.3 is 5.32 Å². The number of thioether (sulfide) groups is 2. The molecule has 2 nitrogen and oxygen atoms in total. The van der Waals surface area contributed by atoms with Gasteiger partial charge in [0, 0.05) is 15.7 Å². The summed E-state index contributed by atoms with van der Waals surface area (Å²) in [6, 6.07) is 12.4. The molecule has 0 aromatic heterocycles. The number of carbonyl (C=O) groups is 1. The summed E-state index contributed by atoms with van der Waals surface area (Å²) < 4.78 is 13.6. The lowest BCUT2D eigenvalue weighted by Crippen LogP contribution is -2.15. The van der Waals surface area contributed by atoms with Gasteiger partial charge in [0.25, 0.3) is 0 Å². The number of amides is 1. The fraction of sp³-hybridized carbons (Fsp3) is 0.188. The Morgan fingerprint density at radius 2 is 1.95 bits per heavy atom. The van der Waals surface area contributed by atoms with Crippen molar-refractivity contribution < 1.29 is 9.18 Å². The lowest BCUT2D eigenvalue weighted by atomic mass is 10.2. The Hall–Kier alpha value is -1.17. The summed E-state index contributed by atoms with van der Waals surface area (Å²) in [5, 5.41) is 2.85. The first-order valence-electron chi connectivity index (χ1n) is 6.54. The molecule has 0 spiro atoms. The van der Waals surface area contributed by atoms with E-state index in [1.807, 2.05) is 6.26 Å². The molecule has 0 unspecified atom stereocenters. The Balaban J connectivity index is 1.79. The zero-order chi connectivity index (χ0) is 15.9. The monoisotopic (exact) mass is 355 g/mol. The van der Waals surface area contributed by atoms with Gasteiger partial charge in [0.1, 0.15) is 5.82 Å². The lowest BCUT2D eigenvalue weighted by Gasteiger charge is -2.07. The van der Waals surface area contributed by atoms with Crippen molar-refractivity contribution >= 4 is 46.7 Å². The van der Waals surface area contributed by atoms with Crippen LogP contribution >= 0.6 is 35.1 Å². The van der Waals surface area contributed by atoms with Gasteiger partial charge in [-0.15, -0.1) is 23.5 Å². The Morgan fingerprint density at radius 1 is 1.23 bits per heavy atom. The molecular weight excluding hydrogens is 341 g/mol. The highest BCUT2D eigenvalue weighted by molar-refractivity contribution is 7.99. The van der Waals surface area contributed by atoms with E-state index < -0.39 is 5.82 Å². The highest BCUT2D eigenvalue weighted by Crippen LogP contribution is 2.20. The Labute approximate surface area is 142 Å². The molecule has 0 radical (unpaired) electrons. The number of hydrogen-bond donors (Lipinski definition) is 1. The highest BCUT2D eigenvalue weighted by Gasteiger charge is 2.07. The van der Waals surface area contributed by atoms with Crippen LogP contribution in [0.5, 0.6) is 0 Å². The van der Waals surface area contributed by atoms with Crippen molar-refractivity contribution in [2.24, 2.45) is 0 Å². The molecule has 0 aliphatic carbocycles. The van der Waals surface area contributed by atoms with E-state index in [1.54, 1.807) is 17.8 Å². The zero-order valence-electron chi connectivity index (χ0n) is 11.9. The minimum absolute atomic E-state index is 0.152. The summed E-state index contributed by atoms with van der Waals surface area (Å²) in [7, 11) is 0. The maximum atomic E-state index is 13.6. The van der Waals surface area contributed by atoms with Crippen LogP contribution in [0, 0.1) is 5.82 Å². The number of anilines is 1. The average Bonchev–Trinajstić information content (AvgIpc) is 2.51. The molecular formula is C16H15ClFNOS2. The van der Waals surface area contributed by atoms with Crippen molar-refractivity contribution in [3.63, 3.8) is 0 Å². The number of hydrogen-bond acceptors (Lipinski definition) is 3. The molecule has 0 atom stereocenters. The quantitative estimate of drug-likeness (QED) is 0.733. The van der Waals surface area contributed by atoms with E-state index >= 15 is 0 Å². The van der Waals surface area contributed by atoms with Crippen molar-refractivity contribution in [1.29, 1.82) is 0 Å². The van der Waals surface area contributed by atoms with Gasteiger partial charge in [-0.25, -0.2) is 4.39 Å². The largest absolute Gasteiger partial charge is 0.323 e. The molecule has 22 heavy (non-hydrogen) atoms. The van der Waals surface area contributed by atoms with Crippen LogP contribution < -0.4 is 5.32 Å². The van der Waals surface area contributed by atoms with Gasteiger partial charge >= 0.3 is 0 Å². The average molecular weight is 356 g/mol. The van der Waals surface area contributed by atoms with Gasteiger partial charge in [0.2, 0.25) is 5.91 Å². The van der Waals surface area contributed by atoms with Crippen LogP contribution in [0.3, 0.4) is 0 Å². The van der Waals surface area contributed by atoms with Gasteiger partial charge in [0.05, 0.1) is 11.4 Å². The molecule has 1 N–H and O–H groups in total. The molecule has 0 saturated heterocycles. The first-order chi connectivity index (χ1) is 10.6. The van der Waals surface area contributed by atoms with Crippen molar-refractivity contribution in [3.8, 4) is 0 Å². The number of rotatable bonds is 6. The summed E-state index contributed by atoms with van der Waals surface area (Å²) in [6.07, 6.45) is 2.03. The van der Waals surface area contributed by atoms with Gasteiger partial charge in [0.15, 0.2) is 0 Å². The first-order valence-corrected chi connectivity index (χ1v) is 9.30. The molecule has 0 aliphatic rings. The van der Waals surface area contributed by atoms with E-state index in [1.165, 1.54) is 28.8 Å². The second-order valence-electron chi connectivity index (χ2n) is 4.51. The highest BCUT2D eigenvalue weighted by atomic mass is 35.5. The smallest absolute Gasteiger partial charge is 0.234 e. The third-order valence-corrected chi connectivity index (χ3v) is 4.85. The van der Waals surface area contributed by atoms with E-state index in [2.05, 4.69) is 29.6 Å². The molecule has 1 amide bonds. The number of benzene rings is 2. The van der Waals surface area contributed by atoms with E-state index in [9.17, 15) is 9.18 Å². The second-order valence-corrected chi connectivity index (χ2v) is 6.81. The molecule has 0 saturated carbocycles. The van der Waals surface area contributed by atoms with Crippen LogP contribution in [0.4, 0.5) is 10.1 Å². The minimum Gasteiger partial charge on any atom is -0.323 e. The van der Waals surface area contributed by atoms with Gasteiger partial charge in [-0.2, -0.15) is 0 Å². The fourth-order valence-electron chi connectivity index (χ4n) is 1.76. The summed E-state index contributed by atoms with van der Waals surface area (Å²) >= 11 is 8.85. The van der Waals surface area contributed by atoms with Gasteiger partial charge in [-0.3, -0.25) is 4.79 Å². The molecule has 2 aromatic carbocycles. The first kappa shape index (κ1) is 17.2. The van der Waals surface area contributed by atoms with E-state index in [4.69, 9.17) is 11.6 Å². The topological polar surface area (TPSA) is 29.1 Å². The zero-order valence-corrected chi connectivity index (χ0v) is 14.3. The summed E-state index contributed by atoms with van der Waals surface area (Å²) in [5.41, 5.74) is 1.31. The lowest BCUT2D eigenvalue weighted by molar-refractivity contribution is -0.113. The number of nitrogens with one attached hydrogen (secondary N) is 1. The van der Waals surface area contributed by atoms with Crippen molar-refractivity contribution in [3.05, 3.63) is 58.9 Å². The van der Waals surface area contributed by atoms with E-state index in [0.717, 1.165) is 11.3 Å². The van der Waals surface area contributed by atoms with Gasteiger partial charge in [-0.1, -0.05) is 23.7 Å². The molecule has 0 bridgehead atoms. The van der Waals surface area contributed by atoms with Crippen molar-refractivity contribution in [1.82, 2.24) is 0 Å². The van der Waals surface area contributed by atoms with Crippen molar-refractivity contribution in [2.45, 2.75) is 10.6 Å². The Bertz CT molecular complexity index is 649. The molecule has 6 heteroatoms. The third-order valence-electron chi connectivity index (χ3n) is 2.87. The minimum atomic E-state index is -0.529. The summed E-state index contributed by atoms with van der Waals surface area (Å²) in [4.78, 5) is 13.0. The maximum absolute atomic E-state index is 13.6. The Kier molecular flexibility index (Phi) is 6.61. The van der Waals surface area contributed by atoms with Crippen LogP contribution in [0.2, 0.25) is 5.02 Å². The third kappa shape index (κ3) is 5.23. The molecule has 0 aliphatic heterocycles. The van der Waals surface area contributed by atoms with Gasteiger partial charge in [-0.05, 0) is 42.2 Å². The standard InChI is InChI=1S/C16H15ClFNOS2/c1-21-13-5-2-11(3-6-13)9-22-10-16(20)19-15-7-4-12(17)8-14(15)18/h2-8H,9-10H2,1H3,(H,19,20). The molecule has 2 aromatic rings. The van der Waals surface area contributed by atoms with Crippen LogP contribution in [0.25, 0.3) is 0 Å². The SMILES string of the molecule is CSc1ccc(CSCC(=O)Nc2ccc(Cl)cc2F)cc1. The normalized spacial score (nSPS) is 10.5. The molecule has 2 rings (SSSR count). The predicted molar refractivity (Wildman–Crippen MR) is 94.4 cm³/mol. The summed E-state index contributed by atoms with van der Waals surface area (Å²) in [5.74, 6) is 0.253. The number of carbonyl (C=O) groups excluding carboxylic acids is 1. The Morgan fingerprint density at radius 3 is 2.59 bits per heavy atom. The van der Waals surface area contributed by atoms with Crippen LogP contribution in [0.1, 0.15) is 5.56 Å². The maximum Gasteiger partial charge on any atom is 0.234 e. The predicted octanol–water partition coefficient (Wildman–Crippen LogP) is 5.07. The number of halogens is 2. The van der Waals surface area contributed by atoms with Crippen LogP contribution in [-0.2, 0) is 10.5 Å². The molecule has 0 heterocycles. The second kappa shape index (κ2) is 8.46. The molecule has 116 valence electrons. The fourth-order valence-corrected chi connectivity index (χ4v) is 3.12. The van der Waals surface area contributed by atoms with Crippen LogP contribution in [0.15, 0.2) is 47.4 Å². The summed E-state index contributed by atoms with van der Waals surface area (Å²) in [6.45, 7) is 0. The molecule has 0 fully saturated rings.